The number of ether oxygens (including phenoxy) is 2. The third kappa shape index (κ3) is 16.6. The number of hydrogen-bond acceptors (Lipinski definition) is 13. The summed E-state index contributed by atoms with van der Waals surface area (Å²) in [5.41, 5.74) is 7.72. The minimum Gasteiger partial charge on any atom is -0.467 e. The third-order valence-corrected chi connectivity index (χ3v) is 14.7. The molecule has 2 fully saturated rings. The SMILES string of the molecule is COC(=O)[C@H](Cc1ccc(N)cc1)NC(=S)C1(CCCCS(C)(=O)=O)CCCC1.COC(=O)[C@H](Cc1ccc([N+](=O)[O-])cc1)NC(=S)C1(CCCCS(C)(=O)=O)CCCC1. The number of esters is 2. The Labute approximate surface area is 366 Å². The number of nitrogens with two attached hydrogens (primary N) is 1. The molecular formula is C42H62N4O10S4. The van der Waals surface area contributed by atoms with E-state index in [-0.39, 0.29) is 40.4 Å². The molecule has 334 valence electrons. The van der Waals surface area contributed by atoms with Gasteiger partial charge in [0.25, 0.3) is 5.69 Å². The first-order chi connectivity index (χ1) is 28.2. The van der Waals surface area contributed by atoms with Gasteiger partial charge in [-0.25, -0.2) is 26.4 Å². The largest absolute Gasteiger partial charge is 0.467 e. The number of benzene rings is 2. The molecule has 0 bridgehead atoms. The molecule has 2 aromatic carbocycles. The Kier molecular flexibility index (Phi) is 19.8. The van der Waals surface area contributed by atoms with Gasteiger partial charge in [0, 0.05) is 65.5 Å². The highest BCUT2D eigenvalue weighted by Gasteiger charge is 2.40. The summed E-state index contributed by atoms with van der Waals surface area (Å²) in [6.07, 6.45) is 15.6. The van der Waals surface area contributed by atoms with Crippen LogP contribution < -0.4 is 16.4 Å². The predicted molar refractivity (Wildman–Crippen MR) is 243 cm³/mol. The van der Waals surface area contributed by atoms with Gasteiger partial charge in [-0.1, -0.05) is 87.2 Å². The smallest absolute Gasteiger partial charge is 0.328 e. The number of sulfone groups is 2. The van der Waals surface area contributed by atoms with E-state index in [1.54, 1.807) is 12.1 Å². The molecule has 0 saturated heterocycles. The zero-order valence-corrected chi connectivity index (χ0v) is 38.5. The van der Waals surface area contributed by atoms with E-state index in [1.165, 1.54) is 38.9 Å². The lowest BCUT2D eigenvalue weighted by Crippen LogP contribution is -2.48. The van der Waals surface area contributed by atoms with Crippen LogP contribution in [0.2, 0.25) is 0 Å². The van der Waals surface area contributed by atoms with Crippen molar-refractivity contribution in [3.8, 4) is 0 Å². The monoisotopic (exact) mass is 910 g/mol. The van der Waals surface area contributed by atoms with Crippen LogP contribution >= 0.6 is 24.4 Å². The molecule has 0 unspecified atom stereocenters. The summed E-state index contributed by atoms with van der Waals surface area (Å²) >= 11 is 11.5. The van der Waals surface area contributed by atoms with E-state index in [1.807, 2.05) is 24.3 Å². The first-order valence-corrected chi connectivity index (χ1v) is 25.4. The van der Waals surface area contributed by atoms with Crippen LogP contribution in [-0.4, -0.2) is 94.0 Å². The second-order valence-corrected chi connectivity index (χ2v) is 21.7. The predicted octanol–water partition coefficient (Wildman–Crippen LogP) is 6.42. The van der Waals surface area contributed by atoms with Gasteiger partial charge in [-0.15, -0.1) is 0 Å². The minimum absolute atomic E-state index is 0.0131. The summed E-state index contributed by atoms with van der Waals surface area (Å²) < 4.78 is 55.5. The highest BCUT2D eigenvalue weighted by molar-refractivity contribution is 7.90. The van der Waals surface area contributed by atoms with Crippen LogP contribution in [0.4, 0.5) is 11.4 Å². The van der Waals surface area contributed by atoms with Crippen LogP contribution in [0.1, 0.15) is 101 Å². The summed E-state index contributed by atoms with van der Waals surface area (Å²) in [5.74, 6) is -0.445. The highest BCUT2D eigenvalue weighted by atomic mass is 32.2. The van der Waals surface area contributed by atoms with Crippen LogP contribution in [-0.2, 0) is 51.6 Å². The average molecular weight is 911 g/mol. The Morgan fingerprint density at radius 3 is 1.37 bits per heavy atom. The lowest BCUT2D eigenvalue weighted by molar-refractivity contribution is -0.384. The molecular weight excluding hydrogens is 849 g/mol. The van der Waals surface area contributed by atoms with E-state index in [2.05, 4.69) is 10.6 Å². The molecule has 2 aliphatic carbocycles. The third-order valence-electron chi connectivity index (χ3n) is 11.5. The van der Waals surface area contributed by atoms with Gasteiger partial charge in [-0.3, -0.25) is 10.1 Å². The van der Waals surface area contributed by atoms with Crippen LogP contribution in [0, 0.1) is 20.9 Å². The van der Waals surface area contributed by atoms with Crippen molar-refractivity contribution < 1.29 is 40.8 Å². The molecule has 0 spiro atoms. The highest BCUT2D eigenvalue weighted by Crippen LogP contribution is 2.44. The number of rotatable bonds is 21. The Balaban J connectivity index is 0.000000321. The number of unbranched alkanes of at least 4 members (excludes halogenated alkanes) is 2. The molecule has 0 amide bonds. The van der Waals surface area contributed by atoms with Crippen LogP contribution in [0.25, 0.3) is 0 Å². The van der Waals surface area contributed by atoms with Crippen LogP contribution in [0.3, 0.4) is 0 Å². The molecule has 18 heteroatoms. The van der Waals surface area contributed by atoms with Gasteiger partial charge in [0.15, 0.2) is 0 Å². The van der Waals surface area contributed by atoms with Gasteiger partial charge in [-0.2, -0.15) is 0 Å². The topological polar surface area (TPSA) is 214 Å². The summed E-state index contributed by atoms with van der Waals surface area (Å²) in [7, 11) is -3.25. The van der Waals surface area contributed by atoms with Crippen molar-refractivity contribution in [2.45, 2.75) is 115 Å². The fourth-order valence-corrected chi connectivity index (χ4v) is 10.5. The van der Waals surface area contributed by atoms with Gasteiger partial charge in [0.2, 0.25) is 0 Å². The minimum atomic E-state index is -2.99. The molecule has 0 aliphatic heterocycles. The number of nitrogens with zero attached hydrogens (tertiary/aromatic N) is 1. The number of anilines is 1. The first kappa shape index (κ1) is 50.6. The molecule has 2 aliphatic rings. The van der Waals surface area contributed by atoms with Crippen molar-refractivity contribution >= 4 is 77.4 Å². The second kappa shape index (κ2) is 23.5. The number of nitrogen functional groups attached to an aromatic ring is 1. The molecule has 4 rings (SSSR count). The van der Waals surface area contributed by atoms with Crippen LogP contribution in [0.5, 0.6) is 0 Å². The maximum absolute atomic E-state index is 12.4. The fourth-order valence-electron chi connectivity index (χ4n) is 8.11. The van der Waals surface area contributed by atoms with E-state index in [4.69, 9.17) is 39.6 Å². The van der Waals surface area contributed by atoms with Gasteiger partial charge >= 0.3 is 11.9 Å². The van der Waals surface area contributed by atoms with E-state index in [9.17, 15) is 36.5 Å². The molecule has 2 aromatic rings. The quantitative estimate of drug-likeness (QED) is 0.0308. The summed E-state index contributed by atoms with van der Waals surface area (Å²) in [6.45, 7) is 0. The van der Waals surface area contributed by atoms with Crippen molar-refractivity contribution in [3.05, 3.63) is 69.8 Å². The summed E-state index contributed by atoms with van der Waals surface area (Å²) in [5, 5.41) is 17.3. The standard InChI is InChI=1S/C21H30N2O6S2.C21H32N2O4S2/c1-29-19(24)18(15-16-7-9-17(10-8-16)23(25)26)22-20(30)21(11-3-4-12-21)13-5-6-14-31(2,27)28;1-27-19(24)18(15-16-7-9-17(22)10-8-16)23-20(28)21(11-3-4-12-21)13-5-6-14-29(2,25)26/h7-10,18H,3-6,11-15H2,1-2H3,(H,22,30);7-10,18H,3-6,11-15,22H2,1-2H3,(H,23,28)/t2*18-/m00/s1. The number of carbonyl (C=O) groups is 2. The van der Waals surface area contributed by atoms with Gasteiger partial charge in [0.05, 0.1) is 29.1 Å². The molecule has 60 heavy (non-hydrogen) atoms. The molecule has 0 heterocycles. The van der Waals surface area contributed by atoms with E-state index in [0.29, 0.717) is 34.9 Å². The summed E-state index contributed by atoms with van der Waals surface area (Å²) in [4.78, 5) is 36.5. The van der Waals surface area contributed by atoms with Crippen LogP contribution in [0.15, 0.2) is 48.5 Å². The van der Waals surface area contributed by atoms with Crippen molar-refractivity contribution in [1.82, 2.24) is 10.6 Å². The number of thiocarbonyl (C=S) groups is 2. The Hall–Kier alpha value is -3.74. The van der Waals surface area contributed by atoms with Gasteiger partial charge in [0.1, 0.15) is 31.8 Å². The summed E-state index contributed by atoms with van der Waals surface area (Å²) in [6, 6.07) is 12.2. The number of nitro benzene ring substituents is 1. The molecule has 4 N–H and O–H groups in total. The average Bonchev–Trinajstić information content (AvgIpc) is 3.89. The molecule has 2 saturated carbocycles. The number of non-ortho nitro benzene ring substituents is 1. The van der Waals surface area contributed by atoms with Gasteiger partial charge < -0.3 is 25.8 Å². The van der Waals surface area contributed by atoms with Crippen molar-refractivity contribution in [1.29, 1.82) is 0 Å². The number of nitrogens with one attached hydrogen (secondary N) is 2. The second-order valence-electron chi connectivity index (χ2n) is 16.3. The maximum Gasteiger partial charge on any atom is 0.328 e. The normalized spacial score (nSPS) is 16.7. The molecule has 2 atom stereocenters. The maximum atomic E-state index is 12.4. The van der Waals surface area contributed by atoms with Crippen molar-refractivity contribution in [2.24, 2.45) is 10.8 Å². The van der Waals surface area contributed by atoms with Gasteiger partial charge in [-0.05, 0) is 74.6 Å². The Morgan fingerprint density at radius 1 is 0.700 bits per heavy atom. The first-order valence-electron chi connectivity index (χ1n) is 20.4. The zero-order chi connectivity index (χ0) is 44.6. The van der Waals surface area contributed by atoms with Crippen molar-refractivity contribution in [3.63, 3.8) is 0 Å². The lowest BCUT2D eigenvalue weighted by Gasteiger charge is -2.32. The number of nitro groups is 1. The Bertz CT molecular complexity index is 1980. The zero-order valence-electron chi connectivity index (χ0n) is 35.2. The fraction of sp³-hybridized carbons (Fsp3) is 0.619. The van der Waals surface area contributed by atoms with E-state index < -0.39 is 42.7 Å². The van der Waals surface area contributed by atoms with E-state index >= 15 is 0 Å². The lowest BCUT2D eigenvalue weighted by atomic mass is 9.80. The van der Waals surface area contributed by atoms with E-state index in [0.717, 1.165) is 88.2 Å². The van der Waals surface area contributed by atoms with Crippen molar-refractivity contribution in [2.75, 3.05) is 44.0 Å². The molecule has 0 aromatic heterocycles. The Morgan fingerprint density at radius 2 is 1.05 bits per heavy atom. The molecule has 0 radical (unpaired) electrons. The number of hydrogen-bond donors (Lipinski definition) is 3. The molecule has 14 nitrogen and oxygen atoms in total. The number of methoxy groups -OCH3 is 2. The number of carbonyl (C=O) groups excluding carboxylic acids is 2.